The second-order valence-electron chi connectivity index (χ2n) is 4.99. The Kier molecular flexibility index (Phi) is 4.98. The Hall–Kier alpha value is -1.85. The molecule has 23 heavy (non-hydrogen) atoms. The predicted molar refractivity (Wildman–Crippen MR) is 92.5 cm³/mol. The molecule has 118 valence electrons. The Morgan fingerprint density at radius 2 is 2.00 bits per heavy atom. The highest BCUT2D eigenvalue weighted by molar-refractivity contribution is 8.13. The van der Waals surface area contributed by atoms with Crippen LogP contribution in [0, 0.1) is 5.82 Å². The number of amidine groups is 1. The van der Waals surface area contributed by atoms with Gasteiger partial charge in [-0.1, -0.05) is 59.8 Å². The number of hydrogen-bond donors (Lipinski definition) is 0. The third-order valence-corrected chi connectivity index (χ3v) is 4.83. The Labute approximate surface area is 143 Å². The van der Waals surface area contributed by atoms with Gasteiger partial charge in [0.25, 0.3) is 5.91 Å². The van der Waals surface area contributed by atoms with Gasteiger partial charge in [0, 0.05) is 12.3 Å². The smallest absolute Gasteiger partial charge is 0.264 e. The zero-order valence-electron chi connectivity index (χ0n) is 12.2. The fraction of sp³-hybridized carbons (Fsp3) is 0.176. The van der Waals surface area contributed by atoms with Crippen LogP contribution in [0.25, 0.3) is 0 Å². The van der Waals surface area contributed by atoms with Gasteiger partial charge in [0.1, 0.15) is 5.82 Å². The quantitative estimate of drug-likeness (QED) is 0.831. The van der Waals surface area contributed by atoms with Crippen LogP contribution in [0.1, 0.15) is 15.9 Å². The van der Waals surface area contributed by atoms with E-state index < -0.39 is 11.7 Å². The molecule has 1 aliphatic rings. The second-order valence-corrected chi connectivity index (χ2v) is 6.34. The van der Waals surface area contributed by atoms with E-state index in [4.69, 9.17) is 11.6 Å². The summed E-state index contributed by atoms with van der Waals surface area (Å²) in [5.41, 5.74) is 1.05. The summed E-state index contributed by atoms with van der Waals surface area (Å²) in [6, 6.07) is 14.2. The molecule has 6 heteroatoms. The molecule has 0 fully saturated rings. The summed E-state index contributed by atoms with van der Waals surface area (Å²) in [7, 11) is 0. The summed E-state index contributed by atoms with van der Waals surface area (Å²) in [5, 5.41) is 0.729. The van der Waals surface area contributed by atoms with Gasteiger partial charge in [-0.05, 0) is 17.7 Å². The average molecular weight is 349 g/mol. The standard InChI is InChI=1S/C17H14ClFN2OS/c18-13-7-4-8-14(19)15(13)16(22)21-10-9-20-17(21)23-11-12-5-2-1-3-6-12/h1-8H,9-11H2. The van der Waals surface area contributed by atoms with E-state index in [2.05, 4.69) is 4.99 Å². The van der Waals surface area contributed by atoms with Gasteiger partial charge < -0.3 is 0 Å². The van der Waals surface area contributed by atoms with E-state index in [9.17, 15) is 9.18 Å². The highest BCUT2D eigenvalue weighted by Crippen LogP contribution is 2.25. The van der Waals surface area contributed by atoms with Gasteiger partial charge in [-0.25, -0.2) is 4.39 Å². The Bertz CT molecular complexity index is 731. The van der Waals surface area contributed by atoms with Crippen molar-refractivity contribution in [1.29, 1.82) is 0 Å². The molecule has 2 aromatic rings. The SMILES string of the molecule is O=C(c1c(F)cccc1Cl)N1CCN=C1SCc1ccccc1. The van der Waals surface area contributed by atoms with Crippen molar-refractivity contribution in [1.82, 2.24) is 4.90 Å². The maximum absolute atomic E-state index is 14.0. The third-order valence-electron chi connectivity index (χ3n) is 3.43. The molecule has 0 saturated heterocycles. The minimum atomic E-state index is -0.609. The zero-order valence-corrected chi connectivity index (χ0v) is 13.8. The van der Waals surface area contributed by atoms with E-state index in [1.54, 1.807) is 0 Å². The first-order chi connectivity index (χ1) is 11.2. The number of aliphatic imine (C=N–C) groups is 1. The van der Waals surface area contributed by atoms with Crippen molar-refractivity contribution >= 4 is 34.4 Å². The first-order valence-electron chi connectivity index (χ1n) is 7.14. The van der Waals surface area contributed by atoms with E-state index >= 15 is 0 Å². The molecule has 0 aliphatic carbocycles. The number of nitrogens with zero attached hydrogens (tertiary/aromatic N) is 2. The van der Waals surface area contributed by atoms with E-state index in [-0.39, 0.29) is 10.6 Å². The lowest BCUT2D eigenvalue weighted by atomic mass is 10.2. The number of benzene rings is 2. The molecule has 0 radical (unpaired) electrons. The van der Waals surface area contributed by atoms with Gasteiger partial charge in [0.15, 0.2) is 5.17 Å². The molecule has 1 aliphatic heterocycles. The van der Waals surface area contributed by atoms with Crippen molar-refractivity contribution in [3.8, 4) is 0 Å². The molecule has 0 saturated carbocycles. The molecule has 0 bridgehead atoms. The zero-order chi connectivity index (χ0) is 16.2. The monoisotopic (exact) mass is 348 g/mol. The maximum atomic E-state index is 14.0. The Morgan fingerprint density at radius 3 is 2.74 bits per heavy atom. The van der Waals surface area contributed by atoms with Crippen LogP contribution in [-0.4, -0.2) is 29.1 Å². The molecule has 0 atom stereocenters. The van der Waals surface area contributed by atoms with E-state index in [1.807, 2.05) is 30.3 Å². The summed E-state index contributed by atoms with van der Waals surface area (Å²) in [6.07, 6.45) is 0. The van der Waals surface area contributed by atoms with Gasteiger partial charge in [-0.3, -0.25) is 14.7 Å². The van der Waals surface area contributed by atoms with Crippen molar-refractivity contribution < 1.29 is 9.18 Å². The number of thioether (sulfide) groups is 1. The molecule has 3 nitrogen and oxygen atoms in total. The number of amides is 1. The van der Waals surface area contributed by atoms with Crippen molar-refractivity contribution in [2.45, 2.75) is 5.75 Å². The molecule has 3 rings (SSSR count). The summed E-state index contributed by atoms with van der Waals surface area (Å²) < 4.78 is 14.0. The van der Waals surface area contributed by atoms with Gasteiger partial charge in [-0.15, -0.1) is 0 Å². The second kappa shape index (κ2) is 7.15. The van der Waals surface area contributed by atoms with Crippen LogP contribution in [-0.2, 0) is 5.75 Å². The number of halogens is 2. The fourth-order valence-corrected chi connectivity index (χ4v) is 3.54. The summed E-state index contributed by atoms with van der Waals surface area (Å²) >= 11 is 7.46. The van der Waals surface area contributed by atoms with Crippen molar-refractivity contribution in [2.24, 2.45) is 4.99 Å². The molecular weight excluding hydrogens is 335 g/mol. The normalized spacial score (nSPS) is 14.0. The van der Waals surface area contributed by atoms with Gasteiger partial charge in [0.2, 0.25) is 0 Å². The fourth-order valence-electron chi connectivity index (χ4n) is 2.30. The lowest BCUT2D eigenvalue weighted by molar-refractivity contribution is 0.0856. The first-order valence-corrected chi connectivity index (χ1v) is 8.50. The molecule has 0 N–H and O–H groups in total. The number of rotatable bonds is 3. The van der Waals surface area contributed by atoms with Crippen LogP contribution in [0.3, 0.4) is 0 Å². The summed E-state index contributed by atoms with van der Waals surface area (Å²) in [5.74, 6) is -0.346. The number of carbonyl (C=O) groups is 1. The first kappa shape index (κ1) is 16.0. The lowest BCUT2D eigenvalue weighted by Gasteiger charge is -2.18. The average Bonchev–Trinajstić information content (AvgIpc) is 3.02. The minimum Gasteiger partial charge on any atom is -0.285 e. The Morgan fingerprint density at radius 1 is 1.22 bits per heavy atom. The van der Waals surface area contributed by atoms with Crippen molar-refractivity contribution in [2.75, 3.05) is 13.1 Å². The minimum absolute atomic E-state index is 0.0934. The predicted octanol–water partition coefficient (Wildman–Crippen LogP) is 4.22. The van der Waals surface area contributed by atoms with Crippen molar-refractivity contribution in [3.63, 3.8) is 0 Å². The van der Waals surface area contributed by atoms with Gasteiger partial charge in [0.05, 0.1) is 17.1 Å². The van der Waals surface area contributed by atoms with Crippen molar-refractivity contribution in [3.05, 3.63) is 70.5 Å². The molecule has 1 amide bonds. The summed E-state index contributed by atoms with van der Waals surface area (Å²) in [4.78, 5) is 18.5. The van der Waals surface area contributed by atoms with Gasteiger partial charge >= 0.3 is 0 Å². The molecule has 0 unspecified atom stereocenters. The Balaban J connectivity index is 1.75. The van der Waals surface area contributed by atoms with Gasteiger partial charge in [-0.2, -0.15) is 0 Å². The molecule has 2 aromatic carbocycles. The van der Waals surface area contributed by atoms with Crippen LogP contribution in [0.2, 0.25) is 5.02 Å². The molecule has 0 spiro atoms. The number of hydrogen-bond acceptors (Lipinski definition) is 3. The third kappa shape index (κ3) is 3.57. The highest BCUT2D eigenvalue weighted by atomic mass is 35.5. The lowest BCUT2D eigenvalue weighted by Crippen LogP contribution is -2.33. The topological polar surface area (TPSA) is 32.7 Å². The summed E-state index contributed by atoms with van der Waals surface area (Å²) in [6.45, 7) is 0.968. The van der Waals surface area contributed by atoms with E-state index in [1.165, 1.54) is 34.9 Å². The largest absolute Gasteiger partial charge is 0.285 e. The van der Waals surface area contributed by atoms with Crippen LogP contribution < -0.4 is 0 Å². The molecule has 1 heterocycles. The van der Waals surface area contributed by atoms with E-state index in [0.29, 0.717) is 24.0 Å². The molecule has 0 aromatic heterocycles. The molecular formula is C17H14ClFN2OS. The number of carbonyl (C=O) groups excluding carboxylic acids is 1. The van der Waals surface area contributed by atoms with Crippen LogP contribution in [0.4, 0.5) is 4.39 Å². The van der Waals surface area contributed by atoms with Crippen LogP contribution in [0.15, 0.2) is 53.5 Å². The van der Waals surface area contributed by atoms with Crippen LogP contribution in [0.5, 0.6) is 0 Å². The maximum Gasteiger partial charge on any atom is 0.264 e. The highest BCUT2D eigenvalue weighted by Gasteiger charge is 2.28. The van der Waals surface area contributed by atoms with Crippen LogP contribution >= 0.6 is 23.4 Å². The van der Waals surface area contributed by atoms with E-state index in [0.717, 1.165) is 5.56 Å².